The van der Waals surface area contributed by atoms with Crippen LogP contribution in [-0.2, 0) is 13.0 Å². The van der Waals surface area contributed by atoms with Crippen LogP contribution in [0.15, 0.2) is 6.20 Å². The van der Waals surface area contributed by atoms with Gasteiger partial charge < -0.3 is 5.73 Å². The Balaban J connectivity index is 2.29. The van der Waals surface area contributed by atoms with E-state index in [1.165, 1.54) is 4.68 Å². The van der Waals surface area contributed by atoms with Crippen LogP contribution < -0.4 is 5.73 Å². The number of hydrogen-bond acceptors (Lipinski definition) is 4. The number of thioether (sulfide) groups is 1. The van der Waals surface area contributed by atoms with Crippen LogP contribution in [0.3, 0.4) is 0 Å². The highest BCUT2D eigenvalue weighted by Gasteiger charge is 2.27. The summed E-state index contributed by atoms with van der Waals surface area (Å²) in [5.74, 6) is -0.0524. The summed E-state index contributed by atoms with van der Waals surface area (Å²) in [6.45, 7) is 0.774. The fourth-order valence-electron chi connectivity index (χ4n) is 1.10. The van der Waals surface area contributed by atoms with Crippen molar-refractivity contribution in [1.29, 1.82) is 0 Å². The van der Waals surface area contributed by atoms with E-state index in [2.05, 4.69) is 10.3 Å². The van der Waals surface area contributed by atoms with Gasteiger partial charge in [-0.15, -0.1) is 5.10 Å². The first kappa shape index (κ1) is 13.3. The van der Waals surface area contributed by atoms with Gasteiger partial charge in [0.1, 0.15) is 0 Å². The number of aryl methyl sites for hydroxylation is 2. The molecule has 0 fully saturated rings. The highest BCUT2D eigenvalue weighted by Crippen LogP contribution is 2.29. The molecule has 1 rings (SSSR count). The Morgan fingerprint density at radius 3 is 2.81 bits per heavy atom. The normalized spacial score (nSPS) is 12.0. The standard InChI is InChI=1S/C8H13F3N4S/c9-8(10,11)16-5-4-15-6-7(13-14-15)2-1-3-12/h6H,1-5,12H2. The van der Waals surface area contributed by atoms with Gasteiger partial charge in [0.05, 0.1) is 12.2 Å². The fourth-order valence-corrected chi connectivity index (χ4v) is 1.61. The van der Waals surface area contributed by atoms with Gasteiger partial charge in [-0.3, -0.25) is 4.68 Å². The molecule has 0 saturated heterocycles. The van der Waals surface area contributed by atoms with Crippen molar-refractivity contribution in [3.8, 4) is 0 Å². The lowest BCUT2D eigenvalue weighted by molar-refractivity contribution is -0.0328. The minimum Gasteiger partial charge on any atom is -0.330 e. The van der Waals surface area contributed by atoms with E-state index in [-0.39, 0.29) is 24.1 Å². The van der Waals surface area contributed by atoms with Gasteiger partial charge in [-0.2, -0.15) is 13.2 Å². The molecule has 1 aromatic heterocycles. The van der Waals surface area contributed by atoms with Crippen molar-refractivity contribution < 1.29 is 13.2 Å². The summed E-state index contributed by atoms with van der Waals surface area (Å²) in [7, 11) is 0. The first-order valence-corrected chi connectivity index (χ1v) is 5.79. The van der Waals surface area contributed by atoms with Crippen LogP contribution in [0.4, 0.5) is 13.2 Å². The Kier molecular flexibility index (Phi) is 5.07. The maximum absolute atomic E-state index is 11.8. The molecule has 0 radical (unpaired) electrons. The second kappa shape index (κ2) is 6.09. The zero-order valence-electron chi connectivity index (χ0n) is 8.57. The first-order valence-electron chi connectivity index (χ1n) is 4.81. The minimum absolute atomic E-state index is 0.0524. The van der Waals surface area contributed by atoms with Gasteiger partial charge >= 0.3 is 5.51 Å². The van der Waals surface area contributed by atoms with Crippen LogP contribution in [0.1, 0.15) is 12.1 Å². The number of hydrogen-bond donors (Lipinski definition) is 1. The van der Waals surface area contributed by atoms with Crippen molar-refractivity contribution in [2.45, 2.75) is 24.9 Å². The lowest BCUT2D eigenvalue weighted by Crippen LogP contribution is -2.07. The van der Waals surface area contributed by atoms with Crippen molar-refractivity contribution in [2.24, 2.45) is 5.73 Å². The monoisotopic (exact) mass is 254 g/mol. The van der Waals surface area contributed by atoms with Crippen LogP contribution in [0.5, 0.6) is 0 Å². The van der Waals surface area contributed by atoms with Gasteiger partial charge in [-0.1, -0.05) is 5.21 Å². The summed E-state index contributed by atoms with van der Waals surface area (Å²) in [5, 5.41) is 7.57. The third-order valence-corrected chi connectivity index (χ3v) is 2.52. The number of rotatable bonds is 6. The summed E-state index contributed by atoms with van der Waals surface area (Å²) in [5.41, 5.74) is 1.92. The molecule has 0 aromatic carbocycles. The summed E-state index contributed by atoms with van der Waals surface area (Å²) >= 11 is -0.0531. The van der Waals surface area contributed by atoms with Crippen molar-refractivity contribution in [3.63, 3.8) is 0 Å². The lowest BCUT2D eigenvalue weighted by atomic mass is 10.2. The smallest absolute Gasteiger partial charge is 0.330 e. The summed E-state index contributed by atoms with van der Waals surface area (Å²) in [6, 6.07) is 0. The van der Waals surface area contributed by atoms with Crippen LogP contribution in [0, 0.1) is 0 Å². The molecule has 0 atom stereocenters. The molecule has 1 heterocycles. The number of aromatic nitrogens is 3. The van der Waals surface area contributed by atoms with E-state index in [0.717, 1.165) is 12.1 Å². The zero-order valence-corrected chi connectivity index (χ0v) is 9.39. The molecule has 2 N–H and O–H groups in total. The summed E-state index contributed by atoms with van der Waals surface area (Å²) in [6.07, 6.45) is 3.17. The van der Waals surface area contributed by atoms with Crippen LogP contribution >= 0.6 is 11.8 Å². The summed E-state index contributed by atoms with van der Waals surface area (Å²) < 4.78 is 36.9. The highest BCUT2D eigenvalue weighted by atomic mass is 32.2. The molecule has 0 saturated carbocycles. The zero-order chi connectivity index (χ0) is 12.0. The van der Waals surface area contributed by atoms with Gasteiger partial charge in [0.25, 0.3) is 0 Å². The molecular formula is C8H13F3N4S. The topological polar surface area (TPSA) is 56.7 Å². The van der Waals surface area contributed by atoms with Crippen LogP contribution in [0.2, 0.25) is 0 Å². The van der Waals surface area contributed by atoms with E-state index in [1.54, 1.807) is 6.20 Å². The molecule has 0 aliphatic carbocycles. The number of nitrogens with two attached hydrogens (primary N) is 1. The van der Waals surface area contributed by atoms with Crippen LogP contribution in [-0.4, -0.2) is 32.8 Å². The molecule has 0 aliphatic heterocycles. The summed E-state index contributed by atoms with van der Waals surface area (Å²) in [4.78, 5) is 0. The molecule has 0 amide bonds. The third-order valence-electron chi connectivity index (χ3n) is 1.81. The van der Waals surface area contributed by atoms with E-state index in [0.29, 0.717) is 13.0 Å². The van der Waals surface area contributed by atoms with Crippen molar-refractivity contribution >= 4 is 11.8 Å². The predicted molar refractivity (Wildman–Crippen MR) is 55.9 cm³/mol. The van der Waals surface area contributed by atoms with Gasteiger partial charge in [0, 0.05) is 11.9 Å². The minimum atomic E-state index is -4.18. The molecule has 8 heteroatoms. The Morgan fingerprint density at radius 2 is 2.19 bits per heavy atom. The van der Waals surface area contributed by atoms with E-state index in [4.69, 9.17) is 5.73 Å². The van der Waals surface area contributed by atoms with Crippen LogP contribution in [0.25, 0.3) is 0 Å². The van der Waals surface area contributed by atoms with E-state index >= 15 is 0 Å². The fraction of sp³-hybridized carbons (Fsp3) is 0.750. The first-order chi connectivity index (χ1) is 7.51. The Labute approximate surface area is 95.4 Å². The molecule has 0 unspecified atom stereocenters. The Bertz CT molecular complexity index is 312. The SMILES string of the molecule is NCCCc1cn(CCSC(F)(F)F)nn1. The third kappa shape index (κ3) is 5.36. The van der Waals surface area contributed by atoms with Gasteiger partial charge in [0.2, 0.25) is 0 Å². The number of halogens is 3. The molecule has 0 spiro atoms. The maximum Gasteiger partial charge on any atom is 0.441 e. The van der Waals surface area contributed by atoms with Crippen molar-refractivity contribution in [3.05, 3.63) is 11.9 Å². The molecular weight excluding hydrogens is 241 g/mol. The van der Waals surface area contributed by atoms with Gasteiger partial charge in [0.15, 0.2) is 0 Å². The van der Waals surface area contributed by atoms with E-state index < -0.39 is 5.51 Å². The lowest BCUT2D eigenvalue weighted by Gasteiger charge is -2.04. The molecule has 92 valence electrons. The molecule has 1 aromatic rings. The van der Waals surface area contributed by atoms with Crippen molar-refractivity contribution in [1.82, 2.24) is 15.0 Å². The maximum atomic E-state index is 11.8. The molecule has 0 bridgehead atoms. The largest absolute Gasteiger partial charge is 0.441 e. The average Bonchev–Trinajstić information content (AvgIpc) is 2.61. The van der Waals surface area contributed by atoms with Gasteiger partial charge in [-0.05, 0) is 31.1 Å². The van der Waals surface area contributed by atoms with Gasteiger partial charge in [-0.25, -0.2) is 0 Å². The Morgan fingerprint density at radius 1 is 1.44 bits per heavy atom. The second-order valence-electron chi connectivity index (χ2n) is 3.16. The Hall–Kier alpha value is -0.760. The molecule has 4 nitrogen and oxygen atoms in total. The second-order valence-corrected chi connectivity index (χ2v) is 4.32. The molecule has 16 heavy (non-hydrogen) atoms. The number of nitrogens with zero attached hydrogens (tertiary/aromatic N) is 3. The van der Waals surface area contributed by atoms with E-state index in [1.807, 2.05) is 0 Å². The van der Waals surface area contributed by atoms with E-state index in [9.17, 15) is 13.2 Å². The van der Waals surface area contributed by atoms with Crippen molar-refractivity contribution in [2.75, 3.05) is 12.3 Å². The quantitative estimate of drug-likeness (QED) is 0.834. The average molecular weight is 254 g/mol. The predicted octanol–water partition coefficient (Wildman–Crippen LogP) is 1.42. The highest BCUT2D eigenvalue weighted by molar-refractivity contribution is 8.00. The number of alkyl halides is 3. The molecule has 0 aliphatic rings.